The number of aromatic nitrogens is 1. The second-order valence-corrected chi connectivity index (χ2v) is 7.77. The Morgan fingerprint density at radius 1 is 0.853 bits per heavy atom. The highest BCUT2D eigenvalue weighted by molar-refractivity contribution is 7.80. The molecule has 4 aromatic rings. The zero-order chi connectivity index (χ0) is 24.9. The largest absolute Gasteiger partial charge is 0.497 e. The van der Waals surface area contributed by atoms with Crippen molar-refractivity contribution in [2.45, 2.75) is 24.8 Å². The van der Waals surface area contributed by atoms with E-state index in [2.05, 4.69) is 17.6 Å². The Hall–Kier alpha value is -3.26. The fourth-order valence-electron chi connectivity index (χ4n) is 2.87. The molecule has 6 nitrogen and oxygen atoms in total. The summed E-state index contributed by atoms with van der Waals surface area (Å²) in [5.74, 6) is 3.19. The number of ether oxygens (including phenoxy) is 3. The van der Waals surface area contributed by atoms with E-state index in [-0.39, 0.29) is 6.04 Å². The molecule has 1 unspecified atom stereocenters. The third-order valence-electron chi connectivity index (χ3n) is 4.62. The van der Waals surface area contributed by atoms with E-state index in [1.54, 1.807) is 20.4 Å². The van der Waals surface area contributed by atoms with Gasteiger partial charge in [0.1, 0.15) is 23.0 Å². The molecule has 0 fully saturated rings. The van der Waals surface area contributed by atoms with Gasteiger partial charge in [0.05, 0.1) is 19.7 Å². The summed E-state index contributed by atoms with van der Waals surface area (Å²) in [5, 5.41) is 0.947. The average Bonchev–Trinajstić information content (AvgIpc) is 2.86. The molecule has 0 aliphatic heterocycles. The molecule has 0 amide bonds. The van der Waals surface area contributed by atoms with E-state index in [4.69, 9.17) is 25.7 Å². The number of hydrogen-bond donors (Lipinski definition) is 3. The molecule has 0 bridgehead atoms. The molecule has 4 rings (SSSR count). The maximum Gasteiger partial charge on any atom is 0.138 e. The number of nitrogens with zero attached hydrogens (tertiary/aromatic N) is 1. The molecule has 180 valence electrons. The van der Waals surface area contributed by atoms with Crippen molar-refractivity contribution in [3.05, 3.63) is 84.6 Å². The Labute approximate surface area is 207 Å². The minimum atomic E-state index is 0.0981. The maximum atomic E-state index is 5.91. The first-order chi connectivity index (χ1) is 16.4. The Morgan fingerprint density at radius 2 is 1.41 bits per heavy atom. The summed E-state index contributed by atoms with van der Waals surface area (Å²) in [7, 11) is 3.29. The molecule has 0 saturated heterocycles. The van der Waals surface area contributed by atoms with Crippen molar-refractivity contribution >= 4 is 23.5 Å². The Morgan fingerprint density at radius 3 is 1.97 bits per heavy atom. The zero-order valence-electron chi connectivity index (χ0n) is 20.1. The average molecular weight is 480 g/mol. The molecule has 1 heterocycles. The van der Waals surface area contributed by atoms with Crippen molar-refractivity contribution in [2.24, 2.45) is 11.5 Å². The Kier molecular flexibility index (Phi) is 11.2. The topological polar surface area (TPSA) is 92.6 Å². The van der Waals surface area contributed by atoms with E-state index >= 15 is 0 Å². The van der Waals surface area contributed by atoms with Crippen molar-refractivity contribution in [3.63, 3.8) is 0 Å². The molecular formula is C27H33N3O3S. The van der Waals surface area contributed by atoms with Crippen molar-refractivity contribution in [1.29, 1.82) is 0 Å². The summed E-state index contributed by atoms with van der Waals surface area (Å²) < 4.78 is 16.1. The van der Waals surface area contributed by atoms with E-state index in [1.165, 1.54) is 0 Å². The monoisotopic (exact) mass is 479 g/mol. The molecule has 0 saturated carbocycles. The molecule has 0 radical (unpaired) electrons. The summed E-state index contributed by atoms with van der Waals surface area (Å²) in [6.07, 6.45) is 1.73. The van der Waals surface area contributed by atoms with Crippen LogP contribution in [0.15, 0.2) is 83.9 Å². The minimum Gasteiger partial charge on any atom is -0.497 e. The lowest BCUT2D eigenvalue weighted by Gasteiger charge is -2.09. The van der Waals surface area contributed by atoms with Crippen LogP contribution in [0, 0.1) is 0 Å². The first-order valence-electron chi connectivity index (χ1n) is 10.9. The molecule has 4 N–H and O–H groups in total. The molecule has 0 aliphatic carbocycles. The number of rotatable bonds is 5. The lowest BCUT2D eigenvalue weighted by Crippen LogP contribution is -2.04. The van der Waals surface area contributed by atoms with Crippen molar-refractivity contribution < 1.29 is 14.2 Å². The first-order valence-corrected chi connectivity index (χ1v) is 11.4. The van der Waals surface area contributed by atoms with Gasteiger partial charge < -0.3 is 25.7 Å². The van der Waals surface area contributed by atoms with Gasteiger partial charge in [-0.25, -0.2) is 0 Å². The van der Waals surface area contributed by atoms with Crippen LogP contribution in [0.4, 0.5) is 0 Å². The van der Waals surface area contributed by atoms with Crippen LogP contribution >= 0.6 is 12.6 Å². The van der Waals surface area contributed by atoms with E-state index < -0.39 is 0 Å². The van der Waals surface area contributed by atoms with Gasteiger partial charge in [0.2, 0.25) is 0 Å². The van der Waals surface area contributed by atoms with Crippen molar-refractivity contribution in [2.75, 3.05) is 20.8 Å². The quantitative estimate of drug-likeness (QED) is 0.304. The van der Waals surface area contributed by atoms with Crippen molar-refractivity contribution in [1.82, 2.24) is 4.98 Å². The van der Waals surface area contributed by atoms with Gasteiger partial charge in [-0.15, -0.1) is 12.6 Å². The van der Waals surface area contributed by atoms with Crippen molar-refractivity contribution in [3.8, 4) is 23.0 Å². The number of thiol groups is 1. The van der Waals surface area contributed by atoms with Gasteiger partial charge in [-0.2, -0.15) is 0 Å². The number of nitrogens with two attached hydrogens (primary N) is 2. The highest BCUT2D eigenvalue weighted by Gasteiger charge is 2.05. The van der Waals surface area contributed by atoms with Crippen LogP contribution in [0.2, 0.25) is 0 Å². The highest BCUT2D eigenvalue weighted by atomic mass is 32.1. The zero-order valence-corrected chi connectivity index (χ0v) is 21.0. The van der Waals surface area contributed by atoms with E-state index in [9.17, 15) is 0 Å². The fourth-order valence-corrected chi connectivity index (χ4v) is 3.02. The normalized spacial score (nSPS) is 10.8. The smallest absolute Gasteiger partial charge is 0.138 e. The van der Waals surface area contributed by atoms with Gasteiger partial charge >= 0.3 is 0 Å². The van der Waals surface area contributed by atoms with Gasteiger partial charge in [-0.05, 0) is 73.6 Å². The molecule has 0 spiro atoms. The van der Waals surface area contributed by atoms with Crippen LogP contribution in [-0.4, -0.2) is 25.7 Å². The number of fused-ring (bicyclic) bond motifs is 1. The van der Waals surface area contributed by atoms with Crippen LogP contribution in [0.25, 0.3) is 10.9 Å². The van der Waals surface area contributed by atoms with Crippen LogP contribution in [0.1, 0.15) is 25.5 Å². The predicted octanol–water partition coefficient (Wildman–Crippen LogP) is 6.00. The number of hydrogen-bond acceptors (Lipinski definition) is 7. The molecule has 1 atom stereocenters. The van der Waals surface area contributed by atoms with Gasteiger partial charge in [0.25, 0.3) is 0 Å². The number of benzene rings is 3. The lowest BCUT2D eigenvalue weighted by molar-refractivity contribution is 0.414. The molecule has 7 heteroatoms. The molecule has 1 aromatic heterocycles. The van der Waals surface area contributed by atoms with Gasteiger partial charge in [0, 0.05) is 28.6 Å². The van der Waals surface area contributed by atoms with E-state index in [0.29, 0.717) is 0 Å². The summed E-state index contributed by atoms with van der Waals surface area (Å²) in [6.45, 7) is 4.61. The summed E-state index contributed by atoms with van der Waals surface area (Å²) >= 11 is 4.26. The maximum absolute atomic E-state index is 5.91. The van der Waals surface area contributed by atoms with Crippen LogP contribution in [0.3, 0.4) is 0 Å². The lowest BCUT2D eigenvalue weighted by atomic mass is 10.1. The second-order valence-electron chi connectivity index (χ2n) is 7.26. The third kappa shape index (κ3) is 8.26. The van der Waals surface area contributed by atoms with Crippen LogP contribution in [0.5, 0.6) is 23.0 Å². The van der Waals surface area contributed by atoms with E-state index in [1.807, 2.05) is 86.6 Å². The van der Waals surface area contributed by atoms with Gasteiger partial charge in [-0.1, -0.05) is 19.1 Å². The second kappa shape index (κ2) is 14.1. The predicted molar refractivity (Wildman–Crippen MR) is 142 cm³/mol. The van der Waals surface area contributed by atoms with Gasteiger partial charge in [0.15, 0.2) is 0 Å². The molecule has 3 aromatic carbocycles. The Balaban J connectivity index is 0.000000247. The number of pyridine rings is 1. The van der Waals surface area contributed by atoms with E-state index in [0.717, 1.165) is 50.9 Å². The first kappa shape index (κ1) is 27.0. The fraction of sp³-hybridized carbons (Fsp3) is 0.222. The number of methoxy groups -OCH3 is 2. The highest BCUT2D eigenvalue weighted by Crippen LogP contribution is 2.31. The third-order valence-corrected chi connectivity index (χ3v) is 4.91. The summed E-state index contributed by atoms with van der Waals surface area (Å²) in [5.41, 5.74) is 12.5. The molecule has 0 aliphatic rings. The van der Waals surface area contributed by atoms with Crippen LogP contribution < -0.4 is 25.7 Å². The summed E-state index contributed by atoms with van der Waals surface area (Å²) in [6, 6.07) is 23.0. The minimum absolute atomic E-state index is 0.0981. The van der Waals surface area contributed by atoms with Crippen LogP contribution in [-0.2, 0) is 0 Å². The van der Waals surface area contributed by atoms with Gasteiger partial charge in [-0.3, -0.25) is 4.98 Å². The summed E-state index contributed by atoms with van der Waals surface area (Å²) in [4.78, 5) is 5.24. The molecule has 34 heavy (non-hydrogen) atoms. The SMILES string of the molecule is CCN.COc1ccc(C(C)N)cc1.COc1ccc2c(Oc3ccc(S)cc3)ccnc2c1. The molecular weight excluding hydrogens is 446 g/mol. The standard InChI is InChI=1S/C16H13NO2S.C9H13NO.C2H7N/c1-18-12-4-7-14-15(10-12)17-9-8-16(14)19-11-2-5-13(20)6-3-11;1-7(10)8-3-5-9(11-2)6-4-8;1-2-3/h2-10,20H,1H3;3-7H,10H2,1-2H3;2-3H2,1H3. The Bertz CT molecular complexity index is 1130.